The first kappa shape index (κ1) is 16.9. The molecule has 0 unspecified atom stereocenters. The van der Waals surface area contributed by atoms with Crippen molar-refractivity contribution in [3.05, 3.63) is 52.4 Å². The van der Waals surface area contributed by atoms with E-state index in [0.29, 0.717) is 15.7 Å². The molecule has 0 aromatic heterocycles. The van der Waals surface area contributed by atoms with Crippen molar-refractivity contribution in [3.63, 3.8) is 0 Å². The number of hydrogen-bond donors (Lipinski definition) is 3. The Morgan fingerprint density at radius 2 is 1.96 bits per heavy atom. The second-order valence-corrected chi connectivity index (χ2v) is 5.23. The third-order valence-electron chi connectivity index (χ3n) is 2.76. The highest BCUT2D eigenvalue weighted by Crippen LogP contribution is 2.27. The lowest BCUT2D eigenvalue weighted by atomic mass is 10.2. The monoisotopic (exact) mass is 355 g/mol. The quantitative estimate of drug-likeness (QED) is 0.701. The number of nitrogens with zero attached hydrogens (tertiary/aromatic N) is 2. The smallest absolute Gasteiger partial charge is 0.350 e. The van der Waals surface area contributed by atoms with E-state index < -0.39 is 24.1 Å². The lowest BCUT2D eigenvalue weighted by molar-refractivity contribution is -0.137. The number of aliphatic carboxylic acids is 2. The molecule has 0 saturated carbocycles. The highest BCUT2D eigenvalue weighted by Gasteiger charge is 2.15. The molecule has 0 amide bonds. The van der Waals surface area contributed by atoms with Gasteiger partial charge in [-0.05, 0) is 24.3 Å². The molecule has 3 N–H and O–H groups in total. The van der Waals surface area contributed by atoms with Gasteiger partial charge in [-0.25, -0.2) is 9.79 Å². The second kappa shape index (κ2) is 7.17. The number of hydrazine groups is 1. The zero-order valence-electron chi connectivity index (χ0n) is 11.5. The van der Waals surface area contributed by atoms with Crippen molar-refractivity contribution in [2.75, 3.05) is 5.01 Å². The van der Waals surface area contributed by atoms with Gasteiger partial charge in [-0.1, -0.05) is 23.2 Å². The maximum atomic E-state index is 11.0. The molecule has 0 radical (unpaired) electrons. The first-order valence-corrected chi connectivity index (χ1v) is 7.04. The van der Waals surface area contributed by atoms with Gasteiger partial charge in [0.2, 0.25) is 0 Å². The summed E-state index contributed by atoms with van der Waals surface area (Å²) < 4.78 is 0. The molecule has 2 rings (SSSR count). The van der Waals surface area contributed by atoms with Crippen LogP contribution in [0.1, 0.15) is 6.42 Å². The predicted octanol–water partition coefficient (Wildman–Crippen LogP) is 2.67. The number of hydrogen-bond acceptors (Lipinski definition) is 5. The summed E-state index contributed by atoms with van der Waals surface area (Å²) in [7, 11) is 0. The van der Waals surface area contributed by atoms with Crippen molar-refractivity contribution in [2.45, 2.75) is 6.42 Å². The van der Waals surface area contributed by atoms with Crippen LogP contribution in [0.4, 0.5) is 5.69 Å². The molecule has 23 heavy (non-hydrogen) atoms. The average Bonchev–Trinajstić information content (AvgIpc) is 2.49. The zero-order valence-corrected chi connectivity index (χ0v) is 13.0. The molecule has 1 aliphatic rings. The van der Waals surface area contributed by atoms with Gasteiger partial charge in [-0.3, -0.25) is 15.2 Å². The Morgan fingerprint density at radius 3 is 2.48 bits per heavy atom. The number of nitrogens with one attached hydrogen (secondary N) is 1. The molecule has 1 aliphatic heterocycles. The van der Waals surface area contributed by atoms with Crippen molar-refractivity contribution in [1.82, 2.24) is 5.43 Å². The van der Waals surface area contributed by atoms with Crippen molar-refractivity contribution >= 4 is 46.5 Å². The van der Waals surface area contributed by atoms with Crippen LogP contribution < -0.4 is 10.4 Å². The summed E-state index contributed by atoms with van der Waals surface area (Å²) in [6.07, 6.45) is 3.90. The van der Waals surface area contributed by atoms with Crippen molar-refractivity contribution < 1.29 is 19.8 Å². The second-order valence-electron chi connectivity index (χ2n) is 4.42. The number of rotatable bonds is 5. The number of aliphatic imine (C=N–C) groups is 1. The van der Waals surface area contributed by atoms with Gasteiger partial charge in [0.1, 0.15) is 5.71 Å². The van der Waals surface area contributed by atoms with E-state index in [1.165, 1.54) is 12.3 Å². The van der Waals surface area contributed by atoms with Gasteiger partial charge in [0.25, 0.3) is 0 Å². The lowest BCUT2D eigenvalue weighted by Crippen LogP contribution is -2.31. The van der Waals surface area contributed by atoms with Gasteiger partial charge in [0.05, 0.1) is 27.9 Å². The molecule has 7 nitrogen and oxygen atoms in total. The van der Waals surface area contributed by atoms with Crippen LogP contribution in [0.3, 0.4) is 0 Å². The first-order chi connectivity index (χ1) is 10.9. The Bertz CT molecular complexity index is 744. The standard InChI is InChI=1S/C14H11Cl2N3O4/c15-10-2-1-9(5-11(10)16)19-4-3-8(7-17-19)18-12(14(22)23)6-13(20)21/h1-5,7,17H,6H2,(H,20,21)(H,22,23). The number of halogens is 2. The fraction of sp³-hybridized carbons (Fsp3) is 0.0714. The van der Waals surface area contributed by atoms with Crippen LogP contribution in [0.5, 0.6) is 0 Å². The van der Waals surface area contributed by atoms with Crippen LogP contribution in [0.15, 0.2) is 47.4 Å². The fourth-order valence-corrected chi connectivity index (χ4v) is 2.00. The summed E-state index contributed by atoms with van der Waals surface area (Å²) in [6.45, 7) is 0. The normalized spacial score (nSPS) is 14.3. The Balaban J connectivity index is 2.14. The highest BCUT2D eigenvalue weighted by molar-refractivity contribution is 6.42. The maximum absolute atomic E-state index is 11.0. The molecule has 120 valence electrons. The Morgan fingerprint density at radius 1 is 1.22 bits per heavy atom. The van der Waals surface area contributed by atoms with E-state index in [9.17, 15) is 9.59 Å². The first-order valence-electron chi connectivity index (χ1n) is 6.28. The Labute approximate surface area is 141 Å². The van der Waals surface area contributed by atoms with E-state index in [1.807, 2.05) is 0 Å². The van der Waals surface area contributed by atoms with Crippen LogP contribution in [0.25, 0.3) is 0 Å². The number of anilines is 1. The van der Waals surface area contributed by atoms with E-state index in [1.54, 1.807) is 29.4 Å². The molecule has 1 aromatic rings. The molecule has 0 spiro atoms. The molecule has 0 atom stereocenters. The summed E-state index contributed by atoms with van der Waals surface area (Å²) in [4.78, 5) is 25.4. The lowest BCUT2D eigenvalue weighted by Gasteiger charge is -2.23. The summed E-state index contributed by atoms with van der Waals surface area (Å²) >= 11 is 11.8. The predicted molar refractivity (Wildman–Crippen MR) is 86.6 cm³/mol. The minimum absolute atomic E-state index is 0.278. The van der Waals surface area contributed by atoms with Crippen LogP contribution in [0, 0.1) is 0 Å². The molecule has 1 heterocycles. The van der Waals surface area contributed by atoms with Crippen molar-refractivity contribution in [1.29, 1.82) is 0 Å². The van der Waals surface area contributed by atoms with Gasteiger partial charge in [-0.15, -0.1) is 0 Å². The van der Waals surface area contributed by atoms with E-state index in [0.717, 1.165) is 0 Å². The van der Waals surface area contributed by atoms with E-state index in [-0.39, 0.29) is 5.70 Å². The maximum Gasteiger partial charge on any atom is 0.350 e. The van der Waals surface area contributed by atoms with Crippen molar-refractivity contribution in [2.24, 2.45) is 4.99 Å². The van der Waals surface area contributed by atoms with Gasteiger partial charge in [0.15, 0.2) is 0 Å². The van der Waals surface area contributed by atoms with E-state index in [4.69, 9.17) is 33.4 Å². The number of benzene rings is 1. The Kier molecular flexibility index (Phi) is 5.25. The number of carboxylic acid groups (broad SMARTS) is 2. The summed E-state index contributed by atoms with van der Waals surface area (Å²) in [5.74, 6) is -2.65. The summed E-state index contributed by atoms with van der Waals surface area (Å²) in [5.41, 5.74) is 3.39. The van der Waals surface area contributed by atoms with E-state index >= 15 is 0 Å². The topological polar surface area (TPSA) is 102 Å². The number of carboxylic acids is 2. The van der Waals surface area contributed by atoms with Crippen molar-refractivity contribution in [3.8, 4) is 0 Å². The third-order valence-corrected chi connectivity index (χ3v) is 3.50. The highest BCUT2D eigenvalue weighted by atomic mass is 35.5. The summed E-state index contributed by atoms with van der Waals surface area (Å²) in [5, 5.41) is 20.0. The fourth-order valence-electron chi connectivity index (χ4n) is 1.70. The number of carbonyl (C=O) groups is 2. The third kappa shape index (κ3) is 4.48. The minimum Gasteiger partial charge on any atom is -0.481 e. The van der Waals surface area contributed by atoms with Crippen LogP contribution in [0.2, 0.25) is 10.0 Å². The van der Waals surface area contributed by atoms with Crippen LogP contribution in [-0.2, 0) is 9.59 Å². The SMILES string of the molecule is O=C(O)CC(=NC1=CNN(c2ccc(Cl)c(Cl)c2)C=C1)C(=O)O. The van der Waals surface area contributed by atoms with Crippen LogP contribution in [-0.4, -0.2) is 27.9 Å². The molecule has 1 aromatic carbocycles. The van der Waals surface area contributed by atoms with E-state index in [2.05, 4.69) is 10.4 Å². The number of allylic oxidation sites excluding steroid dienone is 1. The molecule has 0 saturated heterocycles. The van der Waals surface area contributed by atoms with Gasteiger partial charge >= 0.3 is 11.9 Å². The Hall–Kier alpha value is -2.51. The molecular formula is C14H11Cl2N3O4. The molecular weight excluding hydrogens is 345 g/mol. The average molecular weight is 356 g/mol. The van der Waals surface area contributed by atoms with Gasteiger partial charge < -0.3 is 10.2 Å². The molecule has 0 aliphatic carbocycles. The van der Waals surface area contributed by atoms with Gasteiger partial charge in [-0.2, -0.15) is 0 Å². The molecule has 9 heteroatoms. The van der Waals surface area contributed by atoms with Gasteiger partial charge in [0, 0.05) is 12.4 Å². The summed E-state index contributed by atoms with van der Waals surface area (Å²) in [6, 6.07) is 5.03. The molecule has 0 bridgehead atoms. The van der Waals surface area contributed by atoms with Crippen LogP contribution >= 0.6 is 23.2 Å². The largest absolute Gasteiger partial charge is 0.481 e. The minimum atomic E-state index is -1.38. The molecule has 0 fully saturated rings. The zero-order chi connectivity index (χ0) is 17.0.